The third-order valence-corrected chi connectivity index (χ3v) is 5.79. The van der Waals surface area contributed by atoms with Gasteiger partial charge in [0.1, 0.15) is 10.8 Å². The minimum absolute atomic E-state index is 0.124. The molecule has 1 amide bonds. The van der Waals surface area contributed by atoms with Gasteiger partial charge in [-0.1, -0.05) is 18.2 Å². The lowest BCUT2D eigenvalue weighted by Crippen LogP contribution is -2.20. The molecule has 0 atom stereocenters. The van der Waals surface area contributed by atoms with Gasteiger partial charge >= 0.3 is 0 Å². The van der Waals surface area contributed by atoms with Crippen molar-refractivity contribution in [2.45, 2.75) is 13.5 Å². The highest BCUT2D eigenvalue weighted by molar-refractivity contribution is 7.21. The number of aromatic nitrogens is 1. The molecule has 0 aliphatic carbocycles. The predicted molar refractivity (Wildman–Crippen MR) is 104 cm³/mol. The molecule has 3 aromatic rings. The number of aryl methyl sites for hydroxylation is 1. The molecule has 0 spiro atoms. The number of ether oxygens (including phenoxy) is 1. The van der Waals surface area contributed by atoms with Crippen molar-refractivity contribution in [3.05, 3.63) is 64.0 Å². The molecule has 0 radical (unpaired) electrons. The largest absolute Gasteiger partial charge is 0.497 e. The maximum atomic E-state index is 12.0. The van der Waals surface area contributed by atoms with Crippen LogP contribution in [-0.2, 0) is 11.3 Å². The quantitative estimate of drug-likeness (QED) is 0.649. The summed E-state index contributed by atoms with van der Waals surface area (Å²) in [5.41, 5.74) is 1.91. The molecule has 1 aromatic carbocycles. The summed E-state index contributed by atoms with van der Waals surface area (Å²) in [4.78, 5) is 18.8. The van der Waals surface area contributed by atoms with Crippen molar-refractivity contribution in [2.75, 3.05) is 7.11 Å². The average molecular weight is 370 g/mol. The van der Waals surface area contributed by atoms with Crippen LogP contribution in [0.5, 0.6) is 5.75 Å². The van der Waals surface area contributed by atoms with Gasteiger partial charge in [0.15, 0.2) is 0 Å². The van der Waals surface area contributed by atoms with E-state index >= 15 is 0 Å². The van der Waals surface area contributed by atoms with Crippen LogP contribution in [0.2, 0.25) is 0 Å². The zero-order valence-electron chi connectivity index (χ0n) is 14.0. The average Bonchev–Trinajstić information content (AvgIpc) is 3.28. The smallest absolute Gasteiger partial charge is 0.244 e. The van der Waals surface area contributed by atoms with Crippen LogP contribution in [0.3, 0.4) is 0 Å². The van der Waals surface area contributed by atoms with Gasteiger partial charge in [-0.3, -0.25) is 4.79 Å². The van der Waals surface area contributed by atoms with E-state index in [-0.39, 0.29) is 5.91 Å². The summed E-state index contributed by atoms with van der Waals surface area (Å²) in [7, 11) is 1.63. The molecule has 3 rings (SSSR count). The minimum atomic E-state index is -0.124. The Bertz CT molecular complexity index is 865. The van der Waals surface area contributed by atoms with Crippen molar-refractivity contribution in [1.29, 1.82) is 0 Å². The lowest BCUT2D eigenvalue weighted by molar-refractivity contribution is -0.116. The highest BCUT2D eigenvalue weighted by atomic mass is 32.1. The van der Waals surface area contributed by atoms with E-state index in [1.165, 1.54) is 0 Å². The van der Waals surface area contributed by atoms with Crippen molar-refractivity contribution in [1.82, 2.24) is 10.3 Å². The fraction of sp³-hybridized carbons (Fsp3) is 0.158. The molecule has 2 heterocycles. The highest BCUT2D eigenvalue weighted by Crippen LogP contribution is 2.30. The molecule has 128 valence electrons. The first kappa shape index (κ1) is 17.4. The number of methoxy groups -OCH3 is 1. The van der Waals surface area contributed by atoms with E-state index in [0.717, 1.165) is 31.8 Å². The first-order valence-electron chi connectivity index (χ1n) is 7.76. The monoisotopic (exact) mass is 370 g/mol. The summed E-state index contributed by atoms with van der Waals surface area (Å²) in [6.45, 7) is 2.46. The molecule has 0 bridgehead atoms. The Balaban J connectivity index is 1.57. The van der Waals surface area contributed by atoms with Gasteiger partial charge in [0.2, 0.25) is 5.91 Å². The fourth-order valence-electron chi connectivity index (χ4n) is 2.21. The van der Waals surface area contributed by atoms with Crippen molar-refractivity contribution < 1.29 is 9.53 Å². The lowest BCUT2D eigenvalue weighted by atomic mass is 10.2. The molecule has 0 aliphatic rings. The summed E-state index contributed by atoms with van der Waals surface area (Å²) < 4.78 is 5.11. The second kappa shape index (κ2) is 8.09. The third kappa shape index (κ3) is 4.55. The Morgan fingerprint density at radius 1 is 1.28 bits per heavy atom. The third-order valence-electron chi connectivity index (χ3n) is 3.59. The number of thiophene rings is 1. The molecule has 0 saturated carbocycles. The minimum Gasteiger partial charge on any atom is -0.497 e. The van der Waals surface area contributed by atoms with E-state index in [9.17, 15) is 4.79 Å². The molecule has 0 fully saturated rings. The molecule has 0 saturated heterocycles. The topological polar surface area (TPSA) is 51.2 Å². The van der Waals surface area contributed by atoms with Gasteiger partial charge < -0.3 is 10.1 Å². The Hall–Kier alpha value is -2.44. The zero-order chi connectivity index (χ0) is 17.6. The summed E-state index contributed by atoms with van der Waals surface area (Å²) >= 11 is 3.30. The number of benzene rings is 1. The standard InChI is InChI=1S/C19H18N2O2S2/c1-13-17(25-19(21-13)16-4-3-11-24-16)12-20-18(22)10-7-14-5-8-15(23-2)9-6-14/h3-11H,12H2,1-2H3,(H,20,22)/b10-7+. The SMILES string of the molecule is COc1ccc(/C=C/C(=O)NCc2sc(-c3cccs3)nc2C)cc1. The Kier molecular flexibility index (Phi) is 5.63. The summed E-state index contributed by atoms with van der Waals surface area (Å²) in [6.07, 6.45) is 3.32. The van der Waals surface area contributed by atoms with Crippen LogP contribution >= 0.6 is 22.7 Å². The predicted octanol–water partition coefficient (Wildman–Crippen LogP) is 4.52. The number of amides is 1. The van der Waals surface area contributed by atoms with Crippen LogP contribution in [0.15, 0.2) is 47.9 Å². The van der Waals surface area contributed by atoms with Crippen molar-refractivity contribution >= 4 is 34.7 Å². The lowest BCUT2D eigenvalue weighted by Gasteiger charge is -2.01. The van der Waals surface area contributed by atoms with E-state index in [1.54, 1.807) is 41.9 Å². The summed E-state index contributed by atoms with van der Waals surface area (Å²) in [5.74, 6) is 0.671. The van der Waals surface area contributed by atoms with Gasteiger partial charge in [-0.15, -0.1) is 22.7 Å². The maximum Gasteiger partial charge on any atom is 0.244 e. The second-order valence-electron chi connectivity index (χ2n) is 5.33. The number of carbonyl (C=O) groups is 1. The summed E-state index contributed by atoms with van der Waals surface area (Å²) in [6, 6.07) is 11.6. The van der Waals surface area contributed by atoms with E-state index in [0.29, 0.717) is 6.54 Å². The Morgan fingerprint density at radius 3 is 2.76 bits per heavy atom. The highest BCUT2D eigenvalue weighted by Gasteiger charge is 2.10. The molecule has 0 unspecified atom stereocenters. The zero-order valence-corrected chi connectivity index (χ0v) is 15.6. The number of rotatable bonds is 6. The van der Waals surface area contributed by atoms with E-state index in [4.69, 9.17) is 4.74 Å². The van der Waals surface area contributed by atoms with E-state index in [2.05, 4.69) is 16.4 Å². The molecule has 0 aliphatic heterocycles. The molecular formula is C19H18N2O2S2. The molecule has 2 aromatic heterocycles. The first-order valence-corrected chi connectivity index (χ1v) is 9.45. The molecule has 4 nitrogen and oxygen atoms in total. The van der Waals surface area contributed by atoms with Crippen LogP contribution in [-0.4, -0.2) is 18.0 Å². The van der Waals surface area contributed by atoms with Crippen molar-refractivity contribution in [3.8, 4) is 15.6 Å². The number of carbonyl (C=O) groups excluding carboxylic acids is 1. The van der Waals surface area contributed by atoms with E-state index < -0.39 is 0 Å². The normalized spacial score (nSPS) is 11.0. The van der Waals surface area contributed by atoms with Crippen LogP contribution in [0.25, 0.3) is 16.0 Å². The molecular weight excluding hydrogens is 352 g/mol. The summed E-state index contributed by atoms with van der Waals surface area (Å²) in [5, 5.41) is 5.96. The van der Waals surface area contributed by atoms with Gasteiger partial charge in [-0.2, -0.15) is 0 Å². The molecule has 6 heteroatoms. The van der Waals surface area contributed by atoms with Crippen LogP contribution < -0.4 is 10.1 Å². The van der Waals surface area contributed by atoms with Gasteiger partial charge in [-0.25, -0.2) is 4.98 Å². The number of nitrogens with zero attached hydrogens (tertiary/aromatic N) is 1. The number of thiazole rings is 1. The maximum absolute atomic E-state index is 12.0. The van der Waals surface area contributed by atoms with Crippen LogP contribution in [0.1, 0.15) is 16.1 Å². The Labute approximate surface area is 154 Å². The van der Waals surface area contributed by atoms with Gasteiger partial charge in [0, 0.05) is 11.0 Å². The second-order valence-corrected chi connectivity index (χ2v) is 7.36. The van der Waals surface area contributed by atoms with Gasteiger partial charge in [-0.05, 0) is 42.1 Å². The number of nitrogens with one attached hydrogen (secondary N) is 1. The van der Waals surface area contributed by atoms with Crippen molar-refractivity contribution in [2.24, 2.45) is 0 Å². The van der Waals surface area contributed by atoms with Gasteiger partial charge in [0.25, 0.3) is 0 Å². The number of hydrogen-bond donors (Lipinski definition) is 1. The van der Waals surface area contributed by atoms with Crippen LogP contribution in [0, 0.1) is 6.92 Å². The van der Waals surface area contributed by atoms with Crippen LogP contribution in [0.4, 0.5) is 0 Å². The number of hydrogen-bond acceptors (Lipinski definition) is 5. The molecule has 25 heavy (non-hydrogen) atoms. The van der Waals surface area contributed by atoms with Gasteiger partial charge in [0.05, 0.1) is 24.2 Å². The first-order chi connectivity index (χ1) is 12.2. The molecule has 1 N–H and O–H groups in total. The Morgan fingerprint density at radius 2 is 2.08 bits per heavy atom. The van der Waals surface area contributed by atoms with E-state index in [1.807, 2.05) is 42.6 Å². The van der Waals surface area contributed by atoms with Crippen molar-refractivity contribution in [3.63, 3.8) is 0 Å². The fourth-order valence-corrected chi connectivity index (χ4v) is 4.01.